The molecular formula is C20H17BrF3N3O3. The standard InChI is InChI=1S/C20H17BrF3N3O3/c21-14-2-1-3-15(8-14)27-9-12(6-18(27)28)19(29)26-10-16(11-26)30-17-7-13(4-5-25-17)20(22,23)24/h1-5,7-8,12,16H,6,9-11H2. The number of benzene rings is 1. The van der Waals surface area contributed by atoms with Gasteiger partial charge < -0.3 is 14.5 Å². The minimum Gasteiger partial charge on any atom is -0.471 e. The number of hydrogen-bond acceptors (Lipinski definition) is 4. The van der Waals surface area contributed by atoms with Gasteiger partial charge in [0.15, 0.2) is 0 Å². The molecule has 1 unspecified atom stereocenters. The molecule has 1 aromatic carbocycles. The Bertz CT molecular complexity index is 979. The lowest BCUT2D eigenvalue weighted by Gasteiger charge is -2.39. The summed E-state index contributed by atoms with van der Waals surface area (Å²) in [5.41, 5.74) is -0.109. The summed E-state index contributed by atoms with van der Waals surface area (Å²) < 4.78 is 44.6. The van der Waals surface area contributed by atoms with Gasteiger partial charge in [-0.1, -0.05) is 22.0 Å². The van der Waals surface area contributed by atoms with Gasteiger partial charge in [0.25, 0.3) is 0 Å². The van der Waals surface area contributed by atoms with Gasteiger partial charge in [-0.2, -0.15) is 13.2 Å². The molecule has 2 saturated heterocycles. The second-order valence-electron chi connectivity index (χ2n) is 7.25. The van der Waals surface area contributed by atoms with Crippen LogP contribution in [0.15, 0.2) is 47.1 Å². The topological polar surface area (TPSA) is 62.7 Å². The lowest BCUT2D eigenvalue weighted by atomic mass is 10.0. The third kappa shape index (κ3) is 4.28. The average Bonchev–Trinajstić information content (AvgIpc) is 3.05. The van der Waals surface area contributed by atoms with Gasteiger partial charge in [0.1, 0.15) is 6.10 Å². The van der Waals surface area contributed by atoms with Crippen molar-refractivity contribution in [3.05, 3.63) is 52.6 Å². The van der Waals surface area contributed by atoms with Crippen molar-refractivity contribution in [2.24, 2.45) is 5.92 Å². The van der Waals surface area contributed by atoms with Crippen molar-refractivity contribution in [3.63, 3.8) is 0 Å². The molecule has 2 fully saturated rings. The fraction of sp³-hybridized carbons (Fsp3) is 0.350. The minimum atomic E-state index is -4.47. The van der Waals surface area contributed by atoms with Crippen LogP contribution in [-0.2, 0) is 15.8 Å². The van der Waals surface area contributed by atoms with E-state index in [1.165, 1.54) is 0 Å². The number of carbonyl (C=O) groups is 2. The number of hydrogen-bond donors (Lipinski definition) is 0. The smallest absolute Gasteiger partial charge is 0.416 e. The normalized spacial score (nSPS) is 19.7. The van der Waals surface area contributed by atoms with E-state index in [0.717, 1.165) is 28.5 Å². The highest BCUT2D eigenvalue weighted by Gasteiger charge is 2.41. The van der Waals surface area contributed by atoms with Crippen molar-refractivity contribution >= 4 is 33.4 Å². The van der Waals surface area contributed by atoms with E-state index in [0.29, 0.717) is 6.54 Å². The number of nitrogens with zero attached hydrogens (tertiary/aromatic N) is 3. The Balaban J connectivity index is 1.32. The summed E-state index contributed by atoms with van der Waals surface area (Å²) >= 11 is 3.37. The quantitative estimate of drug-likeness (QED) is 0.667. The summed E-state index contributed by atoms with van der Waals surface area (Å²) in [7, 11) is 0. The number of rotatable bonds is 4. The molecule has 2 aliphatic heterocycles. The Morgan fingerprint density at radius 3 is 2.63 bits per heavy atom. The van der Waals surface area contributed by atoms with Crippen molar-refractivity contribution in [3.8, 4) is 5.88 Å². The summed E-state index contributed by atoms with van der Waals surface area (Å²) in [6.45, 7) is 0.794. The average molecular weight is 484 g/mol. The van der Waals surface area contributed by atoms with Gasteiger partial charge in [0.2, 0.25) is 17.7 Å². The Labute approximate surface area is 178 Å². The Hall–Kier alpha value is -2.62. The first-order chi connectivity index (χ1) is 14.2. The molecule has 2 aliphatic rings. The van der Waals surface area contributed by atoms with E-state index >= 15 is 0 Å². The van der Waals surface area contributed by atoms with Crippen LogP contribution in [0.1, 0.15) is 12.0 Å². The molecule has 1 aromatic heterocycles. The molecule has 0 bridgehead atoms. The Morgan fingerprint density at radius 1 is 1.17 bits per heavy atom. The highest BCUT2D eigenvalue weighted by molar-refractivity contribution is 9.10. The molecule has 3 heterocycles. The number of carbonyl (C=O) groups excluding carboxylic acids is 2. The van der Waals surface area contributed by atoms with Gasteiger partial charge >= 0.3 is 6.18 Å². The molecule has 0 saturated carbocycles. The van der Waals surface area contributed by atoms with E-state index < -0.39 is 23.8 Å². The lowest BCUT2D eigenvalue weighted by molar-refractivity contribution is -0.144. The largest absolute Gasteiger partial charge is 0.471 e. The lowest BCUT2D eigenvalue weighted by Crippen LogP contribution is -2.57. The van der Waals surface area contributed by atoms with Crippen LogP contribution in [0.5, 0.6) is 5.88 Å². The monoisotopic (exact) mass is 483 g/mol. The predicted octanol–water partition coefficient (Wildman–Crippen LogP) is 3.51. The number of pyridine rings is 1. The summed E-state index contributed by atoms with van der Waals surface area (Å²) in [4.78, 5) is 32.0. The van der Waals surface area contributed by atoms with E-state index in [4.69, 9.17) is 4.74 Å². The molecule has 2 amide bonds. The number of anilines is 1. The molecule has 0 aliphatic carbocycles. The summed E-state index contributed by atoms with van der Waals surface area (Å²) in [5.74, 6) is -0.853. The van der Waals surface area contributed by atoms with Crippen LogP contribution in [0.25, 0.3) is 0 Å². The first-order valence-electron chi connectivity index (χ1n) is 9.25. The summed E-state index contributed by atoms with van der Waals surface area (Å²) in [6, 6.07) is 9.02. The number of ether oxygens (including phenoxy) is 1. The van der Waals surface area contributed by atoms with E-state index in [2.05, 4.69) is 20.9 Å². The zero-order chi connectivity index (χ0) is 21.5. The van der Waals surface area contributed by atoms with Crippen LogP contribution < -0.4 is 9.64 Å². The van der Waals surface area contributed by atoms with Crippen molar-refractivity contribution in [2.45, 2.75) is 18.7 Å². The van der Waals surface area contributed by atoms with E-state index in [-0.39, 0.29) is 37.2 Å². The van der Waals surface area contributed by atoms with Gasteiger partial charge in [0.05, 0.1) is 24.6 Å². The Morgan fingerprint density at radius 2 is 1.93 bits per heavy atom. The maximum Gasteiger partial charge on any atom is 0.416 e. The number of alkyl halides is 3. The van der Waals surface area contributed by atoms with E-state index in [1.54, 1.807) is 9.80 Å². The van der Waals surface area contributed by atoms with Gasteiger partial charge in [-0.25, -0.2) is 4.98 Å². The minimum absolute atomic E-state index is 0.118. The van der Waals surface area contributed by atoms with Crippen LogP contribution >= 0.6 is 15.9 Å². The van der Waals surface area contributed by atoms with Crippen LogP contribution in [0, 0.1) is 5.92 Å². The van der Waals surface area contributed by atoms with E-state index in [9.17, 15) is 22.8 Å². The number of aromatic nitrogens is 1. The first-order valence-corrected chi connectivity index (χ1v) is 10.0. The van der Waals surface area contributed by atoms with Crippen LogP contribution in [0.2, 0.25) is 0 Å². The highest BCUT2D eigenvalue weighted by atomic mass is 79.9. The zero-order valence-corrected chi connectivity index (χ0v) is 17.2. The fourth-order valence-electron chi connectivity index (χ4n) is 3.54. The SMILES string of the molecule is O=C(C1CC(=O)N(c2cccc(Br)c2)C1)N1CC(Oc2cc(C(F)(F)F)ccn2)C1. The van der Waals surface area contributed by atoms with Crippen LogP contribution in [0.4, 0.5) is 18.9 Å². The van der Waals surface area contributed by atoms with Gasteiger partial charge in [-0.3, -0.25) is 9.59 Å². The van der Waals surface area contributed by atoms with Crippen molar-refractivity contribution in [1.29, 1.82) is 0 Å². The maximum absolute atomic E-state index is 12.8. The molecule has 0 spiro atoms. The van der Waals surface area contributed by atoms with E-state index in [1.807, 2.05) is 24.3 Å². The molecular weight excluding hydrogens is 467 g/mol. The predicted molar refractivity (Wildman–Crippen MR) is 105 cm³/mol. The van der Waals surface area contributed by atoms with Crippen LogP contribution in [0.3, 0.4) is 0 Å². The summed E-state index contributed by atoms with van der Waals surface area (Å²) in [6.07, 6.45) is -3.73. The van der Waals surface area contributed by atoms with Crippen molar-refractivity contribution in [1.82, 2.24) is 9.88 Å². The molecule has 0 N–H and O–H groups in total. The molecule has 0 radical (unpaired) electrons. The van der Waals surface area contributed by atoms with Crippen molar-refractivity contribution < 1.29 is 27.5 Å². The third-order valence-corrected chi connectivity index (χ3v) is 5.60. The zero-order valence-electron chi connectivity index (χ0n) is 15.6. The summed E-state index contributed by atoms with van der Waals surface area (Å²) in [5, 5.41) is 0. The number of likely N-dealkylation sites (tertiary alicyclic amines) is 1. The first kappa shape index (κ1) is 20.6. The van der Waals surface area contributed by atoms with Gasteiger partial charge in [-0.05, 0) is 24.3 Å². The molecule has 158 valence electrons. The molecule has 10 heteroatoms. The highest BCUT2D eigenvalue weighted by Crippen LogP contribution is 2.32. The molecule has 4 rings (SSSR count). The van der Waals surface area contributed by atoms with Crippen molar-refractivity contribution in [2.75, 3.05) is 24.5 Å². The molecule has 1 atom stereocenters. The maximum atomic E-state index is 12.8. The van der Waals surface area contributed by atoms with Gasteiger partial charge in [-0.15, -0.1) is 0 Å². The third-order valence-electron chi connectivity index (χ3n) is 5.10. The number of halogens is 4. The Kier molecular flexibility index (Phi) is 5.44. The molecule has 6 nitrogen and oxygen atoms in total. The van der Waals surface area contributed by atoms with Gasteiger partial charge in [0, 0.05) is 35.4 Å². The van der Waals surface area contributed by atoms with Crippen LogP contribution in [-0.4, -0.2) is 47.4 Å². The number of amides is 2. The second-order valence-corrected chi connectivity index (χ2v) is 8.16. The fourth-order valence-corrected chi connectivity index (χ4v) is 3.93. The molecule has 30 heavy (non-hydrogen) atoms. The molecule has 2 aromatic rings. The second kappa shape index (κ2) is 7.90.